The van der Waals surface area contributed by atoms with E-state index in [-0.39, 0.29) is 23.4 Å². The van der Waals surface area contributed by atoms with Gasteiger partial charge in [0.05, 0.1) is 10.8 Å². The number of hydrogen-bond donors (Lipinski definition) is 0. The molecule has 12 heteroatoms. The van der Waals surface area contributed by atoms with Crippen LogP contribution in [0.25, 0.3) is 0 Å². The van der Waals surface area contributed by atoms with Crippen LogP contribution in [-0.2, 0) is 9.59 Å². The molecule has 11 nitrogen and oxygen atoms in total. The molecule has 3 saturated heterocycles. The molecular weight excluding hydrogens is 458 g/mol. The Balaban J connectivity index is 1.16. The van der Waals surface area contributed by atoms with Gasteiger partial charge in [0.25, 0.3) is 5.69 Å². The highest BCUT2D eigenvalue weighted by atomic mass is 32.1. The number of non-ortho nitro benzene ring substituents is 1. The summed E-state index contributed by atoms with van der Waals surface area (Å²) in [5.74, 6) is 0.190. The maximum Gasteiger partial charge on any atom is 0.269 e. The van der Waals surface area contributed by atoms with Crippen LogP contribution in [0.5, 0.6) is 0 Å². The minimum atomic E-state index is -0.400. The number of nitro groups is 1. The quantitative estimate of drug-likeness (QED) is 0.467. The molecule has 1 aromatic heterocycles. The minimum Gasteiger partial charge on any atom is -0.368 e. The first-order valence-corrected chi connectivity index (χ1v) is 12.5. The lowest BCUT2D eigenvalue weighted by atomic mass is 9.96. The Morgan fingerprint density at radius 2 is 1.71 bits per heavy atom. The van der Waals surface area contributed by atoms with Gasteiger partial charge in [-0.2, -0.15) is 0 Å². The van der Waals surface area contributed by atoms with Gasteiger partial charge < -0.3 is 14.7 Å². The van der Waals surface area contributed by atoms with E-state index in [1.807, 2.05) is 4.90 Å². The number of anilines is 3. The van der Waals surface area contributed by atoms with Crippen molar-refractivity contribution in [3.8, 4) is 0 Å². The van der Waals surface area contributed by atoms with E-state index in [2.05, 4.69) is 20.0 Å². The molecule has 2 amide bonds. The van der Waals surface area contributed by atoms with Crippen molar-refractivity contribution < 1.29 is 14.5 Å². The van der Waals surface area contributed by atoms with Crippen molar-refractivity contribution in [2.24, 2.45) is 5.92 Å². The summed E-state index contributed by atoms with van der Waals surface area (Å²) in [6.45, 7) is 4.80. The van der Waals surface area contributed by atoms with E-state index in [4.69, 9.17) is 0 Å². The highest BCUT2D eigenvalue weighted by Crippen LogP contribution is 2.32. The van der Waals surface area contributed by atoms with Gasteiger partial charge in [-0.25, -0.2) is 0 Å². The van der Waals surface area contributed by atoms with Gasteiger partial charge in [0, 0.05) is 70.1 Å². The standard InChI is InChI=1S/C22H27N7O4S/c30-19-4-2-10-28(19)22-24-23-21(34-22)27-9-1-3-16(15-27)20(31)26-13-11-25(12-14-26)17-5-7-18(8-6-17)29(32)33/h5-8,16H,1-4,9-15H2/t16-/m0/s1. The minimum absolute atomic E-state index is 0.0778. The Hall–Kier alpha value is -3.28. The summed E-state index contributed by atoms with van der Waals surface area (Å²) < 4.78 is 0. The number of carbonyl (C=O) groups is 2. The molecule has 0 saturated carbocycles. The summed E-state index contributed by atoms with van der Waals surface area (Å²) in [7, 11) is 0. The van der Waals surface area contributed by atoms with Crippen LogP contribution in [0, 0.1) is 16.0 Å². The molecule has 0 bridgehead atoms. The van der Waals surface area contributed by atoms with Crippen LogP contribution < -0.4 is 14.7 Å². The van der Waals surface area contributed by atoms with E-state index in [0.29, 0.717) is 50.8 Å². The number of piperazine rings is 1. The number of nitro benzene ring substituents is 1. The molecule has 0 N–H and O–H groups in total. The third-order valence-corrected chi connectivity index (χ3v) is 7.77. The lowest BCUT2D eigenvalue weighted by molar-refractivity contribution is -0.384. The van der Waals surface area contributed by atoms with Crippen molar-refractivity contribution in [3.63, 3.8) is 0 Å². The number of aromatic nitrogens is 2. The number of amides is 2. The first-order chi connectivity index (χ1) is 16.5. The summed E-state index contributed by atoms with van der Waals surface area (Å²) in [5.41, 5.74) is 1.01. The van der Waals surface area contributed by atoms with E-state index in [0.717, 1.165) is 36.6 Å². The van der Waals surface area contributed by atoms with Crippen LogP contribution in [0.15, 0.2) is 24.3 Å². The fourth-order valence-electron chi connectivity index (χ4n) is 4.88. The fraction of sp³-hybridized carbons (Fsp3) is 0.545. The normalized spacial score (nSPS) is 21.3. The monoisotopic (exact) mass is 485 g/mol. The van der Waals surface area contributed by atoms with Crippen molar-refractivity contribution in [3.05, 3.63) is 34.4 Å². The Morgan fingerprint density at radius 1 is 0.971 bits per heavy atom. The third-order valence-electron chi connectivity index (χ3n) is 6.77. The average molecular weight is 486 g/mol. The molecule has 0 spiro atoms. The number of piperidine rings is 1. The van der Waals surface area contributed by atoms with Gasteiger partial charge in [-0.1, -0.05) is 11.3 Å². The van der Waals surface area contributed by atoms with Gasteiger partial charge in [0.2, 0.25) is 22.1 Å². The van der Waals surface area contributed by atoms with Crippen molar-refractivity contribution in [1.82, 2.24) is 15.1 Å². The molecular formula is C22H27N7O4S. The summed E-state index contributed by atoms with van der Waals surface area (Å²) >= 11 is 1.43. The van der Waals surface area contributed by atoms with Crippen molar-refractivity contribution in [2.45, 2.75) is 25.7 Å². The van der Waals surface area contributed by atoms with Gasteiger partial charge in [-0.05, 0) is 31.4 Å². The largest absolute Gasteiger partial charge is 0.368 e. The van der Waals surface area contributed by atoms with Gasteiger partial charge in [-0.15, -0.1) is 10.2 Å². The van der Waals surface area contributed by atoms with Gasteiger partial charge >= 0.3 is 0 Å². The molecule has 2 aromatic rings. The Labute approximate surface area is 201 Å². The maximum atomic E-state index is 13.3. The molecule has 0 radical (unpaired) electrons. The average Bonchev–Trinajstić information content (AvgIpc) is 3.53. The van der Waals surface area contributed by atoms with Crippen LogP contribution in [0.4, 0.5) is 21.6 Å². The molecule has 1 aromatic carbocycles. The van der Waals surface area contributed by atoms with E-state index in [1.165, 1.54) is 23.5 Å². The summed E-state index contributed by atoms with van der Waals surface area (Å²) in [5, 5.41) is 20.8. The van der Waals surface area contributed by atoms with Crippen LogP contribution >= 0.6 is 11.3 Å². The molecule has 3 aliphatic heterocycles. The maximum absolute atomic E-state index is 13.3. The zero-order chi connectivity index (χ0) is 23.7. The SMILES string of the molecule is O=C([C@H]1CCCN(c2nnc(N3CCCC3=O)s2)C1)N1CCN(c2ccc([N+](=O)[O-])cc2)CC1. The van der Waals surface area contributed by atoms with Gasteiger partial charge in [0.15, 0.2) is 0 Å². The second-order valence-electron chi connectivity index (χ2n) is 8.89. The predicted molar refractivity (Wildman–Crippen MR) is 128 cm³/mol. The Bertz CT molecular complexity index is 1070. The Morgan fingerprint density at radius 3 is 2.38 bits per heavy atom. The van der Waals surface area contributed by atoms with E-state index in [9.17, 15) is 19.7 Å². The molecule has 0 aliphatic carbocycles. The number of nitrogens with zero attached hydrogens (tertiary/aromatic N) is 7. The van der Waals surface area contributed by atoms with Gasteiger partial charge in [-0.3, -0.25) is 24.6 Å². The Kier molecular flexibility index (Phi) is 6.31. The third kappa shape index (κ3) is 4.54. The molecule has 3 fully saturated rings. The lowest BCUT2D eigenvalue weighted by Gasteiger charge is -2.39. The number of carbonyl (C=O) groups excluding carboxylic acids is 2. The first-order valence-electron chi connectivity index (χ1n) is 11.7. The molecule has 3 aliphatic rings. The van der Waals surface area contributed by atoms with Crippen LogP contribution in [0.3, 0.4) is 0 Å². The van der Waals surface area contributed by atoms with Crippen molar-refractivity contribution in [2.75, 3.05) is 60.5 Å². The van der Waals surface area contributed by atoms with Crippen LogP contribution in [0.2, 0.25) is 0 Å². The number of benzene rings is 1. The first kappa shape index (κ1) is 22.5. The smallest absolute Gasteiger partial charge is 0.269 e. The number of hydrogen-bond acceptors (Lipinski definition) is 9. The van der Waals surface area contributed by atoms with Crippen LogP contribution in [0.1, 0.15) is 25.7 Å². The molecule has 34 heavy (non-hydrogen) atoms. The van der Waals surface area contributed by atoms with Crippen molar-refractivity contribution in [1.29, 1.82) is 0 Å². The van der Waals surface area contributed by atoms with Crippen molar-refractivity contribution >= 4 is 44.8 Å². The van der Waals surface area contributed by atoms with Crippen LogP contribution in [-0.4, -0.2) is 77.6 Å². The molecule has 4 heterocycles. The highest BCUT2D eigenvalue weighted by Gasteiger charge is 2.33. The lowest BCUT2D eigenvalue weighted by Crippen LogP contribution is -2.52. The molecule has 0 unspecified atom stereocenters. The van der Waals surface area contributed by atoms with E-state index < -0.39 is 4.92 Å². The fourth-order valence-corrected chi connectivity index (χ4v) is 5.80. The number of rotatable bonds is 5. The predicted octanol–water partition coefficient (Wildman–Crippen LogP) is 2.14. The van der Waals surface area contributed by atoms with E-state index >= 15 is 0 Å². The zero-order valence-corrected chi connectivity index (χ0v) is 19.7. The zero-order valence-electron chi connectivity index (χ0n) is 18.8. The topological polar surface area (TPSA) is 116 Å². The second-order valence-corrected chi connectivity index (χ2v) is 9.82. The molecule has 1 atom stereocenters. The molecule has 180 valence electrons. The second kappa shape index (κ2) is 9.53. The summed E-state index contributed by atoms with van der Waals surface area (Å²) in [6, 6.07) is 6.56. The van der Waals surface area contributed by atoms with Gasteiger partial charge in [0.1, 0.15) is 0 Å². The molecule has 5 rings (SSSR count). The summed E-state index contributed by atoms with van der Waals surface area (Å²) in [6.07, 6.45) is 3.18. The summed E-state index contributed by atoms with van der Waals surface area (Å²) in [4.78, 5) is 43.7. The van der Waals surface area contributed by atoms with E-state index in [1.54, 1.807) is 17.0 Å². The highest BCUT2D eigenvalue weighted by molar-refractivity contribution is 7.19.